The van der Waals surface area contributed by atoms with Gasteiger partial charge in [0.15, 0.2) is 0 Å². The summed E-state index contributed by atoms with van der Waals surface area (Å²) in [6.07, 6.45) is 1.67. The summed E-state index contributed by atoms with van der Waals surface area (Å²) in [5, 5.41) is 6.39. The highest BCUT2D eigenvalue weighted by Gasteiger charge is 2.10. The molecule has 2 heterocycles. The highest BCUT2D eigenvalue weighted by Crippen LogP contribution is 2.22. The first kappa shape index (κ1) is 16.5. The molecular weight excluding hydrogens is 320 g/mol. The first-order valence-electron chi connectivity index (χ1n) is 7.73. The van der Waals surface area contributed by atoms with Gasteiger partial charge in [0.05, 0.1) is 12.2 Å². The van der Waals surface area contributed by atoms with Gasteiger partial charge in [-0.15, -0.1) is 0 Å². The van der Waals surface area contributed by atoms with Crippen LogP contribution in [-0.2, 0) is 4.79 Å². The van der Waals surface area contributed by atoms with E-state index in [1.54, 1.807) is 25.3 Å². The van der Waals surface area contributed by atoms with Crippen molar-refractivity contribution in [1.29, 1.82) is 0 Å². The molecule has 7 heteroatoms. The number of carbonyl (C=O) groups excluding carboxylic acids is 1. The molecule has 0 atom stereocenters. The Morgan fingerprint density at radius 1 is 1.24 bits per heavy atom. The van der Waals surface area contributed by atoms with Crippen LogP contribution in [0.25, 0.3) is 0 Å². The van der Waals surface area contributed by atoms with E-state index in [1.807, 2.05) is 48.3 Å². The minimum absolute atomic E-state index is 0.181. The molecule has 1 amide bonds. The van der Waals surface area contributed by atoms with E-state index in [4.69, 9.17) is 9.26 Å². The number of rotatable bonds is 6. The molecule has 7 nitrogen and oxygen atoms in total. The molecule has 128 valence electrons. The third-order valence-corrected chi connectivity index (χ3v) is 3.41. The molecule has 2 aromatic heterocycles. The molecule has 1 N–H and O–H groups in total. The van der Waals surface area contributed by atoms with Crippen LogP contribution in [-0.4, -0.2) is 29.6 Å². The summed E-state index contributed by atoms with van der Waals surface area (Å²) < 4.78 is 10.6. The monoisotopic (exact) mass is 338 g/mol. The highest BCUT2D eigenvalue weighted by molar-refractivity contribution is 5.92. The van der Waals surface area contributed by atoms with Crippen molar-refractivity contribution < 1.29 is 14.1 Å². The zero-order valence-electron chi connectivity index (χ0n) is 14.0. The average molecular weight is 338 g/mol. The van der Waals surface area contributed by atoms with E-state index in [2.05, 4.69) is 15.5 Å². The molecule has 0 spiro atoms. The Balaban J connectivity index is 1.56. The minimum atomic E-state index is -0.188. The van der Waals surface area contributed by atoms with Gasteiger partial charge in [-0.25, -0.2) is 4.98 Å². The van der Waals surface area contributed by atoms with Crippen LogP contribution >= 0.6 is 0 Å². The maximum absolute atomic E-state index is 12.0. The normalized spacial score (nSPS) is 10.3. The van der Waals surface area contributed by atoms with Gasteiger partial charge in [0.2, 0.25) is 17.7 Å². The average Bonchev–Trinajstić information content (AvgIpc) is 3.01. The molecule has 0 bridgehead atoms. The molecule has 0 aliphatic carbocycles. The summed E-state index contributed by atoms with van der Waals surface area (Å²) in [6, 6.07) is 14.6. The molecular formula is C18H18N4O3. The maximum Gasteiger partial charge on any atom is 0.246 e. The van der Waals surface area contributed by atoms with Gasteiger partial charge in [-0.2, -0.15) is 0 Å². The number of hydrogen-bond donors (Lipinski definition) is 1. The SMILES string of the molecule is Cc1cc(NC(=O)CN(C)c2ccc(Oc3ccccn3)cc2)on1. The van der Waals surface area contributed by atoms with Gasteiger partial charge in [-0.3, -0.25) is 10.1 Å². The maximum atomic E-state index is 12.0. The van der Waals surface area contributed by atoms with E-state index < -0.39 is 0 Å². The second-order valence-electron chi connectivity index (χ2n) is 5.50. The number of amides is 1. The second kappa shape index (κ2) is 7.48. The number of hydrogen-bond acceptors (Lipinski definition) is 6. The molecule has 0 aliphatic rings. The molecule has 0 saturated heterocycles. The van der Waals surface area contributed by atoms with E-state index in [9.17, 15) is 4.79 Å². The van der Waals surface area contributed by atoms with Crippen LogP contribution in [0.4, 0.5) is 11.6 Å². The summed E-state index contributed by atoms with van der Waals surface area (Å²) in [4.78, 5) is 18.0. The largest absolute Gasteiger partial charge is 0.439 e. The number of nitrogens with one attached hydrogen (secondary N) is 1. The van der Waals surface area contributed by atoms with E-state index in [-0.39, 0.29) is 12.5 Å². The van der Waals surface area contributed by atoms with Crippen LogP contribution in [0.1, 0.15) is 5.69 Å². The highest BCUT2D eigenvalue weighted by atomic mass is 16.5. The predicted molar refractivity (Wildman–Crippen MR) is 93.9 cm³/mol. The summed E-state index contributed by atoms with van der Waals surface area (Å²) in [6.45, 7) is 1.97. The number of likely N-dealkylation sites (N-methyl/N-ethyl adjacent to an activating group) is 1. The molecule has 1 aromatic carbocycles. The van der Waals surface area contributed by atoms with Crippen molar-refractivity contribution in [3.63, 3.8) is 0 Å². The number of ether oxygens (including phenoxy) is 1. The van der Waals surface area contributed by atoms with Crippen molar-refractivity contribution in [2.24, 2.45) is 0 Å². The van der Waals surface area contributed by atoms with Crippen molar-refractivity contribution >= 4 is 17.5 Å². The summed E-state index contributed by atoms with van der Waals surface area (Å²) in [5.74, 6) is 1.37. The third kappa shape index (κ3) is 4.57. The van der Waals surface area contributed by atoms with Gasteiger partial charge >= 0.3 is 0 Å². The first-order valence-corrected chi connectivity index (χ1v) is 7.73. The van der Waals surface area contributed by atoms with E-state index in [0.29, 0.717) is 23.2 Å². The van der Waals surface area contributed by atoms with Gasteiger partial charge < -0.3 is 14.2 Å². The van der Waals surface area contributed by atoms with Crippen molar-refractivity contribution in [1.82, 2.24) is 10.1 Å². The standard InChI is InChI=1S/C18H18N4O3/c1-13-11-18(25-21-13)20-16(23)12-22(2)14-6-8-15(9-7-14)24-17-5-3-4-10-19-17/h3-11H,12H2,1-2H3,(H,20,23). The number of carbonyl (C=O) groups is 1. The first-order chi connectivity index (χ1) is 12.1. The van der Waals surface area contributed by atoms with Gasteiger partial charge in [0.25, 0.3) is 0 Å². The Kier molecular flexibility index (Phi) is 4.94. The Morgan fingerprint density at radius 2 is 2.04 bits per heavy atom. The number of anilines is 2. The third-order valence-electron chi connectivity index (χ3n) is 3.41. The van der Waals surface area contributed by atoms with E-state index in [0.717, 1.165) is 5.69 Å². The van der Waals surface area contributed by atoms with Gasteiger partial charge in [-0.1, -0.05) is 11.2 Å². The zero-order valence-corrected chi connectivity index (χ0v) is 14.0. The van der Waals surface area contributed by atoms with Crippen molar-refractivity contribution in [2.45, 2.75) is 6.92 Å². The smallest absolute Gasteiger partial charge is 0.246 e. The van der Waals surface area contributed by atoms with Crippen molar-refractivity contribution in [2.75, 3.05) is 23.8 Å². The lowest BCUT2D eigenvalue weighted by atomic mass is 10.3. The van der Waals surface area contributed by atoms with Crippen LogP contribution in [0.3, 0.4) is 0 Å². The van der Waals surface area contributed by atoms with Crippen molar-refractivity contribution in [3.05, 3.63) is 60.4 Å². The fraction of sp³-hybridized carbons (Fsp3) is 0.167. The number of nitrogens with zero attached hydrogens (tertiary/aromatic N) is 3. The topological polar surface area (TPSA) is 80.5 Å². The molecule has 0 aliphatic heterocycles. The Bertz CT molecular complexity index is 831. The summed E-state index contributed by atoms with van der Waals surface area (Å²) >= 11 is 0. The zero-order chi connectivity index (χ0) is 17.6. The number of pyridine rings is 1. The number of aromatic nitrogens is 2. The van der Waals surface area contributed by atoms with E-state index >= 15 is 0 Å². The van der Waals surface area contributed by atoms with Crippen LogP contribution < -0.4 is 15.0 Å². The van der Waals surface area contributed by atoms with Crippen LogP contribution in [0.2, 0.25) is 0 Å². The Labute approximate surface area is 145 Å². The van der Waals surface area contributed by atoms with Gasteiger partial charge in [0.1, 0.15) is 5.75 Å². The van der Waals surface area contributed by atoms with Crippen LogP contribution in [0.15, 0.2) is 59.3 Å². The lowest BCUT2D eigenvalue weighted by Gasteiger charge is -2.18. The molecule has 0 unspecified atom stereocenters. The van der Waals surface area contributed by atoms with E-state index in [1.165, 1.54) is 0 Å². The Hall–Kier alpha value is -3.35. The molecule has 0 saturated carbocycles. The van der Waals surface area contributed by atoms with Crippen LogP contribution in [0, 0.1) is 6.92 Å². The molecule has 3 rings (SSSR count). The van der Waals surface area contributed by atoms with Gasteiger partial charge in [0, 0.05) is 31.1 Å². The lowest BCUT2D eigenvalue weighted by molar-refractivity contribution is -0.115. The molecule has 0 fully saturated rings. The van der Waals surface area contributed by atoms with Crippen LogP contribution in [0.5, 0.6) is 11.6 Å². The Morgan fingerprint density at radius 3 is 2.68 bits per heavy atom. The number of benzene rings is 1. The quantitative estimate of drug-likeness (QED) is 0.743. The molecule has 25 heavy (non-hydrogen) atoms. The fourth-order valence-electron chi connectivity index (χ4n) is 2.20. The lowest BCUT2D eigenvalue weighted by Crippen LogP contribution is -2.29. The predicted octanol–water partition coefficient (Wildman–Crippen LogP) is 3.25. The second-order valence-corrected chi connectivity index (χ2v) is 5.50. The minimum Gasteiger partial charge on any atom is -0.439 e. The summed E-state index contributed by atoms with van der Waals surface area (Å²) in [5.41, 5.74) is 1.60. The number of aryl methyl sites for hydroxylation is 1. The molecule has 0 radical (unpaired) electrons. The summed E-state index contributed by atoms with van der Waals surface area (Å²) in [7, 11) is 1.83. The molecule has 3 aromatic rings. The van der Waals surface area contributed by atoms with Crippen molar-refractivity contribution in [3.8, 4) is 11.6 Å². The fourth-order valence-corrected chi connectivity index (χ4v) is 2.20. The van der Waals surface area contributed by atoms with Gasteiger partial charge in [-0.05, 0) is 37.3 Å².